The summed E-state index contributed by atoms with van der Waals surface area (Å²) in [5.74, 6) is 0.152. The molecule has 1 rings (SSSR count). The number of carbonyl (C=O) groups is 1. The Kier molecular flexibility index (Phi) is 4.94. The van der Waals surface area contributed by atoms with Crippen LogP contribution >= 0.6 is 0 Å². The normalized spacial score (nSPS) is 12.4. The van der Waals surface area contributed by atoms with Crippen LogP contribution in [-0.4, -0.2) is 12.8 Å². The van der Waals surface area contributed by atoms with Crippen molar-refractivity contribution in [3.8, 4) is 0 Å². The Hall–Kier alpha value is -1.15. The van der Waals surface area contributed by atoms with Crippen molar-refractivity contribution in [2.45, 2.75) is 19.9 Å². The average molecular weight is 191 g/mol. The van der Waals surface area contributed by atoms with Gasteiger partial charge < -0.3 is 10.1 Å². The van der Waals surface area contributed by atoms with Gasteiger partial charge in [0.05, 0.1) is 0 Å². The fraction of sp³-hybridized carbons (Fsp3) is 0.417. The molecule has 0 heterocycles. The van der Waals surface area contributed by atoms with E-state index in [1.54, 1.807) is 0 Å². The Bertz CT molecular complexity index is 258. The van der Waals surface area contributed by atoms with Gasteiger partial charge in [-0.3, -0.25) is 0 Å². The third-order valence-electron chi connectivity index (χ3n) is 2.30. The summed E-state index contributed by atoms with van der Waals surface area (Å²) in [5.41, 5.74) is 1.26. The van der Waals surface area contributed by atoms with Crippen LogP contribution in [-0.2, 0) is 11.3 Å². The lowest BCUT2D eigenvalue weighted by atomic mass is 10.1. The molecule has 1 atom stereocenters. The Labute approximate surface area is 85.3 Å². The molecule has 0 radical (unpaired) electrons. The number of benzene rings is 1. The molecule has 0 aliphatic carbocycles. The molecule has 0 aromatic heterocycles. The lowest BCUT2D eigenvalue weighted by molar-refractivity contribution is -0.111. The summed E-state index contributed by atoms with van der Waals surface area (Å²) < 4.78 is 0. The first-order valence-corrected chi connectivity index (χ1v) is 5.06. The first-order valence-electron chi connectivity index (χ1n) is 5.06. The lowest BCUT2D eigenvalue weighted by Crippen LogP contribution is -2.22. The maximum Gasteiger partial charge on any atom is 0.124 e. The van der Waals surface area contributed by atoms with Crippen LogP contribution in [0, 0.1) is 5.92 Å². The highest BCUT2D eigenvalue weighted by molar-refractivity contribution is 5.53. The van der Waals surface area contributed by atoms with Crippen molar-refractivity contribution in [2.24, 2.45) is 5.92 Å². The van der Waals surface area contributed by atoms with E-state index in [0.717, 1.165) is 25.8 Å². The van der Waals surface area contributed by atoms with Gasteiger partial charge in [-0.25, -0.2) is 0 Å². The topological polar surface area (TPSA) is 29.1 Å². The van der Waals surface area contributed by atoms with Gasteiger partial charge in [0, 0.05) is 19.0 Å². The van der Waals surface area contributed by atoms with Crippen LogP contribution in [0.2, 0.25) is 0 Å². The van der Waals surface area contributed by atoms with Crippen molar-refractivity contribution in [3.63, 3.8) is 0 Å². The van der Waals surface area contributed by atoms with E-state index < -0.39 is 0 Å². The molecule has 2 heteroatoms. The maximum atomic E-state index is 10.5. The zero-order valence-corrected chi connectivity index (χ0v) is 8.57. The van der Waals surface area contributed by atoms with Crippen LogP contribution < -0.4 is 5.32 Å². The second-order valence-corrected chi connectivity index (χ2v) is 3.42. The Balaban J connectivity index is 2.25. The number of hydrogen-bond donors (Lipinski definition) is 1. The Morgan fingerprint density at radius 1 is 1.36 bits per heavy atom. The Morgan fingerprint density at radius 2 is 2.07 bits per heavy atom. The first kappa shape index (κ1) is 10.9. The van der Waals surface area contributed by atoms with Gasteiger partial charge in [0.15, 0.2) is 0 Å². The van der Waals surface area contributed by atoms with Crippen molar-refractivity contribution < 1.29 is 4.79 Å². The SMILES string of the molecule is CCC(C=O)CNCc1ccccc1. The van der Waals surface area contributed by atoms with Crippen LogP contribution in [0.4, 0.5) is 0 Å². The van der Waals surface area contributed by atoms with Gasteiger partial charge in [-0.05, 0) is 12.0 Å². The summed E-state index contributed by atoms with van der Waals surface area (Å²) >= 11 is 0. The minimum atomic E-state index is 0.152. The van der Waals surface area contributed by atoms with E-state index >= 15 is 0 Å². The second kappa shape index (κ2) is 6.33. The number of carbonyl (C=O) groups excluding carboxylic acids is 1. The summed E-state index contributed by atoms with van der Waals surface area (Å²) in [5, 5.41) is 3.27. The highest BCUT2D eigenvalue weighted by atomic mass is 16.1. The molecule has 76 valence electrons. The predicted octanol–water partition coefficient (Wildman–Crippen LogP) is 2.00. The quantitative estimate of drug-likeness (QED) is 0.697. The molecule has 0 aliphatic rings. The van der Waals surface area contributed by atoms with E-state index in [0.29, 0.717) is 0 Å². The van der Waals surface area contributed by atoms with Gasteiger partial charge in [-0.1, -0.05) is 37.3 Å². The van der Waals surface area contributed by atoms with Crippen LogP contribution in [0.15, 0.2) is 30.3 Å². The third kappa shape index (κ3) is 3.71. The van der Waals surface area contributed by atoms with Crippen LogP contribution in [0.3, 0.4) is 0 Å². The standard InChI is InChI=1S/C12H17NO/c1-2-11(10-14)8-13-9-12-6-4-3-5-7-12/h3-7,10-11,13H,2,8-9H2,1H3. The van der Waals surface area contributed by atoms with Crippen LogP contribution in [0.1, 0.15) is 18.9 Å². The van der Waals surface area contributed by atoms with Gasteiger partial charge in [-0.15, -0.1) is 0 Å². The van der Waals surface area contributed by atoms with E-state index in [1.807, 2.05) is 25.1 Å². The summed E-state index contributed by atoms with van der Waals surface area (Å²) in [6.07, 6.45) is 1.93. The maximum absolute atomic E-state index is 10.5. The highest BCUT2D eigenvalue weighted by Crippen LogP contribution is 1.99. The van der Waals surface area contributed by atoms with Gasteiger partial charge in [-0.2, -0.15) is 0 Å². The molecule has 0 spiro atoms. The molecule has 0 bridgehead atoms. The Morgan fingerprint density at radius 3 is 2.64 bits per heavy atom. The molecule has 0 saturated heterocycles. The van der Waals surface area contributed by atoms with Crippen molar-refractivity contribution in [1.82, 2.24) is 5.32 Å². The van der Waals surface area contributed by atoms with Crippen LogP contribution in [0.5, 0.6) is 0 Å². The summed E-state index contributed by atoms with van der Waals surface area (Å²) in [4.78, 5) is 10.5. The molecular weight excluding hydrogens is 174 g/mol. The molecule has 1 aromatic rings. The van der Waals surface area contributed by atoms with Crippen molar-refractivity contribution in [3.05, 3.63) is 35.9 Å². The van der Waals surface area contributed by atoms with E-state index in [4.69, 9.17) is 0 Å². The van der Waals surface area contributed by atoms with Gasteiger partial charge in [0.25, 0.3) is 0 Å². The van der Waals surface area contributed by atoms with Crippen molar-refractivity contribution >= 4 is 6.29 Å². The number of rotatable bonds is 6. The molecule has 1 N–H and O–H groups in total. The lowest BCUT2D eigenvalue weighted by Gasteiger charge is -2.08. The van der Waals surface area contributed by atoms with E-state index in [2.05, 4.69) is 17.4 Å². The summed E-state index contributed by atoms with van der Waals surface area (Å²) in [6.45, 7) is 3.64. The molecule has 2 nitrogen and oxygen atoms in total. The molecule has 0 saturated carbocycles. The first-order chi connectivity index (χ1) is 6.86. The third-order valence-corrected chi connectivity index (χ3v) is 2.30. The minimum absolute atomic E-state index is 0.152. The zero-order valence-electron chi connectivity index (χ0n) is 8.57. The molecule has 0 amide bonds. The average Bonchev–Trinajstić information content (AvgIpc) is 2.26. The monoisotopic (exact) mass is 191 g/mol. The largest absolute Gasteiger partial charge is 0.312 e. The smallest absolute Gasteiger partial charge is 0.124 e. The van der Waals surface area contributed by atoms with E-state index in [9.17, 15) is 4.79 Å². The molecule has 1 aromatic carbocycles. The molecule has 1 unspecified atom stereocenters. The number of nitrogens with one attached hydrogen (secondary N) is 1. The summed E-state index contributed by atoms with van der Waals surface area (Å²) in [6, 6.07) is 10.2. The van der Waals surface area contributed by atoms with Crippen molar-refractivity contribution in [1.29, 1.82) is 0 Å². The molecule has 14 heavy (non-hydrogen) atoms. The molecular formula is C12H17NO. The molecule has 0 aliphatic heterocycles. The minimum Gasteiger partial charge on any atom is -0.312 e. The molecule has 0 fully saturated rings. The van der Waals surface area contributed by atoms with Gasteiger partial charge in [0.2, 0.25) is 0 Å². The number of aldehydes is 1. The summed E-state index contributed by atoms with van der Waals surface area (Å²) in [7, 11) is 0. The zero-order chi connectivity index (χ0) is 10.2. The van der Waals surface area contributed by atoms with Crippen LogP contribution in [0.25, 0.3) is 0 Å². The second-order valence-electron chi connectivity index (χ2n) is 3.42. The van der Waals surface area contributed by atoms with E-state index in [-0.39, 0.29) is 5.92 Å². The highest BCUT2D eigenvalue weighted by Gasteiger charge is 2.02. The van der Waals surface area contributed by atoms with Crippen molar-refractivity contribution in [2.75, 3.05) is 6.54 Å². The fourth-order valence-electron chi connectivity index (χ4n) is 1.29. The predicted molar refractivity (Wildman–Crippen MR) is 58.0 cm³/mol. The number of hydrogen-bond acceptors (Lipinski definition) is 2. The van der Waals surface area contributed by atoms with Gasteiger partial charge >= 0.3 is 0 Å². The van der Waals surface area contributed by atoms with E-state index in [1.165, 1.54) is 5.56 Å². The van der Waals surface area contributed by atoms with Gasteiger partial charge in [0.1, 0.15) is 6.29 Å². The fourth-order valence-corrected chi connectivity index (χ4v) is 1.29.